The van der Waals surface area contributed by atoms with E-state index in [1.165, 1.54) is 28.7 Å². The van der Waals surface area contributed by atoms with Crippen molar-refractivity contribution >= 4 is 34.7 Å². The number of ether oxygens (including phenoxy) is 2. The number of thiazole rings is 1. The summed E-state index contributed by atoms with van der Waals surface area (Å²) in [5, 5.41) is 0. The fourth-order valence-corrected chi connectivity index (χ4v) is 4.75. The Kier molecular flexibility index (Phi) is 5.60. The molecule has 160 valence electrons. The zero-order valence-electron chi connectivity index (χ0n) is 16.8. The van der Waals surface area contributed by atoms with Crippen molar-refractivity contribution < 1.29 is 23.5 Å². The van der Waals surface area contributed by atoms with Crippen molar-refractivity contribution in [3.05, 3.63) is 74.5 Å². The predicted molar refractivity (Wildman–Crippen MR) is 114 cm³/mol. The smallest absolute Gasteiger partial charge is 0.325 e. The van der Waals surface area contributed by atoms with E-state index in [4.69, 9.17) is 9.47 Å². The van der Waals surface area contributed by atoms with Crippen molar-refractivity contribution in [2.45, 2.75) is 18.9 Å². The quantitative estimate of drug-likeness (QED) is 0.566. The van der Waals surface area contributed by atoms with E-state index >= 15 is 0 Å². The van der Waals surface area contributed by atoms with Gasteiger partial charge in [-0.3, -0.25) is 23.9 Å². The van der Waals surface area contributed by atoms with Crippen molar-refractivity contribution in [2.75, 3.05) is 19.1 Å². The van der Waals surface area contributed by atoms with Gasteiger partial charge in [-0.2, -0.15) is 0 Å². The largest absolute Gasteiger partial charge is 0.497 e. The van der Waals surface area contributed by atoms with Gasteiger partial charge in [0.15, 0.2) is 0 Å². The van der Waals surface area contributed by atoms with Gasteiger partial charge in [-0.25, -0.2) is 4.39 Å². The lowest BCUT2D eigenvalue weighted by molar-refractivity contribution is -0.141. The van der Waals surface area contributed by atoms with Gasteiger partial charge in [0, 0.05) is 12.3 Å². The molecule has 0 spiro atoms. The van der Waals surface area contributed by atoms with Crippen LogP contribution in [0.25, 0.3) is 0 Å². The fourth-order valence-electron chi connectivity index (χ4n) is 3.64. The number of nitrogens with zero attached hydrogens (tertiary/aromatic N) is 2. The van der Waals surface area contributed by atoms with Gasteiger partial charge in [-0.15, -0.1) is 0 Å². The number of amides is 1. The molecule has 0 unspecified atom stereocenters. The van der Waals surface area contributed by atoms with Crippen LogP contribution in [-0.2, 0) is 20.9 Å². The molecule has 4 rings (SSSR count). The Hall–Kier alpha value is -3.46. The van der Waals surface area contributed by atoms with E-state index in [2.05, 4.69) is 0 Å². The van der Waals surface area contributed by atoms with Crippen LogP contribution in [0.1, 0.15) is 22.8 Å². The number of carbonyl (C=O) groups is 2. The summed E-state index contributed by atoms with van der Waals surface area (Å²) in [5.74, 6) is -0.709. The lowest BCUT2D eigenvalue weighted by atomic mass is 9.90. The summed E-state index contributed by atoms with van der Waals surface area (Å²) >= 11 is 0.972. The average molecular weight is 442 g/mol. The fraction of sp³-hybridized carbons (Fsp3) is 0.227. The van der Waals surface area contributed by atoms with Gasteiger partial charge in [-0.05, 0) is 42.0 Å². The van der Waals surface area contributed by atoms with Gasteiger partial charge in [0.1, 0.15) is 23.9 Å². The van der Waals surface area contributed by atoms with Crippen molar-refractivity contribution in [3.63, 3.8) is 0 Å². The molecule has 9 heteroatoms. The zero-order valence-corrected chi connectivity index (χ0v) is 17.6. The Balaban J connectivity index is 1.89. The van der Waals surface area contributed by atoms with Gasteiger partial charge < -0.3 is 9.47 Å². The Morgan fingerprint density at radius 1 is 1.10 bits per heavy atom. The lowest BCUT2D eigenvalue weighted by Gasteiger charge is -2.32. The number of benzene rings is 2. The van der Waals surface area contributed by atoms with Crippen molar-refractivity contribution in [2.24, 2.45) is 0 Å². The van der Waals surface area contributed by atoms with Gasteiger partial charge in [0.2, 0.25) is 5.91 Å². The number of methoxy groups -OCH3 is 2. The first kappa shape index (κ1) is 20.8. The van der Waals surface area contributed by atoms with Crippen LogP contribution in [0.4, 0.5) is 15.9 Å². The molecule has 0 radical (unpaired) electrons. The van der Waals surface area contributed by atoms with Crippen LogP contribution < -0.4 is 14.5 Å². The number of halogens is 1. The van der Waals surface area contributed by atoms with Gasteiger partial charge >= 0.3 is 10.8 Å². The first-order valence-corrected chi connectivity index (χ1v) is 10.3. The third-order valence-electron chi connectivity index (χ3n) is 5.17. The number of fused-ring (bicyclic) bond motifs is 1. The lowest BCUT2D eigenvalue weighted by Crippen LogP contribution is -2.36. The molecule has 31 heavy (non-hydrogen) atoms. The molecule has 3 aromatic rings. The number of carbonyl (C=O) groups excluding carboxylic acids is 2. The predicted octanol–water partition coefficient (Wildman–Crippen LogP) is 3.43. The maximum Gasteiger partial charge on any atom is 0.325 e. The molecule has 1 aliphatic rings. The zero-order chi connectivity index (χ0) is 22.1. The number of rotatable bonds is 5. The van der Waals surface area contributed by atoms with E-state index in [1.54, 1.807) is 43.5 Å². The second kappa shape index (κ2) is 8.35. The normalized spacial score (nSPS) is 15.5. The van der Waals surface area contributed by atoms with Crippen molar-refractivity contribution in [1.82, 2.24) is 4.57 Å². The van der Waals surface area contributed by atoms with Crippen LogP contribution in [0.3, 0.4) is 0 Å². The maximum atomic E-state index is 13.4. The molecule has 0 saturated heterocycles. The number of hydrogen-bond acceptors (Lipinski definition) is 6. The van der Waals surface area contributed by atoms with Gasteiger partial charge in [0.05, 0.1) is 24.8 Å². The Bertz CT molecular complexity index is 1180. The van der Waals surface area contributed by atoms with E-state index in [1.807, 2.05) is 0 Å². The first-order valence-electron chi connectivity index (χ1n) is 9.45. The van der Waals surface area contributed by atoms with Crippen LogP contribution in [0.15, 0.2) is 53.3 Å². The molecule has 0 N–H and O–H groups in total. The van der Waals surface area contributed by atoms with E-state index in [0.29, 0.717) is 22.1 Å². The molecule has 7 nitrogen and oxygen atoms in total. The maximum absolute atomic E-state index is 13.4. The molecule has 1 atom stereocenters. The molecule has 1 aromatic heterocycles. The number of esters is 1. The molecule has 0 aliphatic carbocycles. The Labute approximate surface area is 181 Å². The molecule has 0 saturated carbocycles. The topological polar surface area (TPSA) is 77.8 Å². The molecule has 0 fully saturated rings. The van der Waals surface area contributed by atoms with E-state index in [0.717, 1.165) is 16.9 Å². The Morgan fingerprint density at radius 2 is 1.77 bits per heavy atom. The minimum absolute atomic E-state index is 0.100. The van der Waals surface area contributed by atoms with E-state index in [9.17, 15) is 18.8 Å². The molecule has 0 bridgehead atoms. The van der Waals surface area contributed by atoms with Crippen molar-refractivity contribution in [3.8, 4) is 5.75 Å². The molecular formula is C22H19FN2O5S. The molecule has 2 aromatic carbocycles. The van der Waals surface area contributed by atoms with Gasteiger partial charge in [-0.1, -0.05) is 23.5 Å². The molecule has 1 aliphatic heterocycles. The summed E-state index contributed by atoms with van der Waals surface area (Å²) in [7, 11) is 2.78. The van der Waals surface area contributed by atoms with Crippen LogP contribution in [-0.4, -0.2) is 30.7 Å². The van der Waals surface area contributed by atoms with E-state index in [-0.39, 0.29) is 29.6 Å². The minimum Gasteiger partial charge on any atom is -0.497 e. The summed E-state index contributed by atoms with van der Waals surface area (Å²) in [6.45, 7) is -0.322. The van der Waals surface area contributed by atoms with Crippen molar-refractivity contribution in [1.29, 1.82) is 0 Å². The van der Waals surface area contributed by atoms with Crippen LogP contribution in [0.2, 0.25) is 0 Å². The SMILES string of the molecule is COC(=O)Cn1c2c(sc1=O)[C@H](c1ccc(F)cc1)CC(=O)N2c1ccc(OC)cc1. The second-order valence-electron chi connectivity index (χ2n) is 6.95. The number of aromatic nitrogens is 1. The Morgan fingerprint density at radius 3 is 2.39 bits per heavy atom. The second-order valence-corrected chi connectivity index (χ2v) is 7.95. The molecule has 1 amide bonds. The summed E-state index contributed by atoms with van der Waals surface area (Å²) in [4.78, 5) is 39.8. The summed E-state index contributed by atoms with van der Waals surface area (Å²) < 4.78 is 24.6. The van der Waals surface area contributed by atoms with E-state index < -0.39 is 11.9 Å². The highest BCUT2D eigenvalue weighted by atomic mass is 32.1. The monoisotopic (exact) mass is 442 g/mol. The molecular weight excluding hydrogens is 423 g/mol. The average Bonchev–Trinajstić information content (AvgIpc) is 3.09. The van der Waals surface area contributed by atoms with Gasteiger partial charge in [0.25, 0.3) is 0 Å². The molecule has 2 heterocycles. The summed E-state index contributed by atoms with van der Waals surface area (Å²) in [6, 6.07) is 12.7. The third kappa shape index (κ3) is 3.84. The summed E-state index contributed by atoms with van der Waals surface area (Å²) in [6.07, 6.45) is 0.100. The standard InChI is InChI=1S/C22H19FN2O5S/c1-29-16-9-7-15(8-10-16)25-18(26)11-17(13-3-5-14(23)6-4-13)20-21(25)24(22(28)31-20)12-19(27)30-2/h3-10,17H,11-12H2,1-2H3/t17-/m0/s1. The highest BCUT2D eigenvalue weighted by Gasteiger charge is 2.38. The minimum atomic E-state index is -0.603. The first-order chi connectivity index (χ1) is 14.9. The van der Waals surface area contributed by atoms with Crippen LogP contribution in [0, 0.1) is 5.82 Å². The number of anilines is 2. The van der Waals surface area contributed by atoms with Crippen LogP contribution in [0.5, 0.6) is 5.75 Å². The highest BCUT2D eigenvalue weighted by molar-refractivity contribution is 7.10. The number of hydrogen-bond donors (Lipinski definition) is 0. The van der Waals surface area contributed by atoms with Crippen LogP contribution >= 0.6 is 11.3 Å². The summed E-state index contributed by atoms with van der Waals surface area (Å²) in [5.41, 5.74) is 1.26. The third-order valence-corrected chi connectivity index (χ3v) is 6.25. The highest BCUT2D eigenvalue weighted by Crippen LogP contribution is 2.45.